The third kappa shape index (κ3) is 3.53. The first-order valence-electron chi connectivity index (χ1n) is 12.0. The minimum absolute atomic E-state index is 0.165. The van der Waals surface area contributed by atoms with Crippen LogP contribution in [0.2, 0.25) is 5.02 Å². The summed E-state index contributed by atoms with van der Waals surface area (Å²) < 4.78 is 5.81. The zero-order chi connectivity index (χ0) is 22.7. The quantitative estimate of drug-likeness (QED) is 0.529. The maximum atomic E-state index is 12.9. The van der Waals surface area contributed by atoms with Crippen LogP contribution in [0.4, 0.5) is 0 Å². The Balaban J connectivity index is 1.29. The Labute approximate surface area is 195 Å². The smallest absolute Gasteiger partial charge is 0.311 e. The molecule has 32 heavy (non-hydrogen) atoms. The lowest BCUT2D eigenvalue weighted by molar-refractivity contribution is -0.145. The first-order chi connectivity index (χ1) is 15.2. The van der Waals surface area contributed by atoms with Gasteiger partial charge in [0, 0.05) is 42.4 Å². The Kier molecular flexibility index (Phi) is 5.68. The van der Waals surface area contributed by atoms with Crippen LogP contribution in [0.15, 0.2) is 35.9 Å². The van der Waals surface area contributed by atoms with E-state index in [0.717, 1.165) is 24.8 Å². The molecule has 5 rings (SSSR count). The molecule has 0 aromatic heterocycles. The number of ether oxygens (including phenoxy) is 1. The van der Waals surface area contributed by atoms with Crippen molar-refractivity contribution in [1.29, 1.82) is 0 Å². The summed E-state index contributed by atoms with van der Waals surface area (Å²) in [6.45, 7) is 6.39. The molecular formula is C26H34ClNO4. The van der Waals surface area contributed by atoms with Crippen LogP contribution in [-0.2, 0) is 15.1 Å². The second-order valence-corrected chi connectivity index (χ2v) is 11.1. The monoisotopic (exact) mass is 459 g/mol. The van der Waals surface area contributed by atoms with Gasteiger partial charge < -0.3 is 19.8 Å². The third-order valence-corrected chi connectivity index (χ3v) is 9.34. The molecule has 6 heteroatoms. The summed E-state index contributed by atoms with van der Waals surface area (Å²) in [5, 5.41) is 23.4. The summed E-state index contributed by atoms with van der Waals surface area (Å²) in [4.78, 5) is 15.1. The van der Waals surface area contributed by atoms with E-state index in [2.05, 4.69) is 24.8 Å². The van der Waals surface area contributed by atoms with Gasteiger partial charge in [-0.1, -0.05) is 49.2 Å². The number of esters is 1. The van der Waals surface area contributed by atoms with Crippen molar-refractivity contribution in [3.05, 3.63) is 46.5 Å². The van der Waals surface area contributed by atoms with Crippen LogP contribution in [0, 0.1) is 23.2 Å². The average molecular weight is 460 g/mol. The zero-order valence-corrected chi connectivity index (χ0v) is 19.7. The molecule has 2 heterocycles. The molecule has 2 saturated heterocycles. The standard InChI is InChI=1S/C26H34ClNO4/c1-16-4-3-5-18-14-21-22(23(29)25(16,18)2)20(24(30)32-21)15-28-12-10-26(31,11-13-28)17-6-8-19(27)9-7-17/h5-9,16,20-23,29,31H,3-4,10-15H2,1-2H3/t16-,20+,21-,22-,23-,25-/m1/s1. The number of carbonyl (C=O) groups excluding carboxylic acids is 1. The van der Waals surface area contributed by atoms with Crippen molar-refractivity contribution in [1.82, 2.24) is 4.90 Å². The Hall–Kier alpha value is -1.40. The highest BCUT2D eigenvalue weighted by atomic mass is 35.5. The van der Waals surface area contributed by atoms with Crippen LogP contribution in [0.5, 0.6) is 0 Å². The van der Waals surface area contributed by atoms with Gasteiger partial charge in [-0.15, -0.1) is 0 Å². The molecule has 0 radical (unpaired) electrons. The van der Waals surface area contributed by atoms with Gasteiger partial charge >= 0.3 is 5.97 Å². The lowest BCUT2D eigenvalue weighted by Gasteiger charge is -2.52. The summed E-state index contributed by atoms with van der Waals surface area (Å²) in [5.74, 6) is -0.265. The lowest BCUT2D eigenvalue weighted by atomic mass is 9.55. The first kappa shape index (κ1) is 22.4. The van der Waals surface area contributed by atoms with E-state index in [4.69, 9.17) is 16.3 Å². The topological polar surface area (TPSA) is 70.0 Å². The fourth-order valence-corrected chi connectivity index (χ4v) is 6.83. The molecule has 1 aromatic rings. The summed E-state index contributed by atoms with van der Waals surface area (Å²) in [6, 6.07) is 7.42. The molecule has 6 atom stereocenters. The number of allylic oxidation sites excluding steroid dienone is 1. The van der Waals surface area contributed by atoms with Crippen LogP contribution in [-0.4, -0.2) is 52.9 Å². The van der Waals surface area contributed by atoms with Gasteiger partial charge in [0.1, 0.15) is 6.10 Å². The van der Waals surface area contributed by atoms with E-state index >= 15 is 0 Å². The molecule has 0 unspecified atom stereocenters. The molecular weight excluding hydrogens is 426 g/mol. The van der Waals surface area contributed by atoms with Gasteiger partial charge in [0.15, 0.2) is 0 Å². The Morgan fingerprint density at radius 2 is 1.91 bits per heavy atom. The van der Waals surface area contributed by atoms with Crippen molar-refractivity contribution < 1.29 is 19.7 Å². The molecule has 174 valence electrons. The minimum atomic E-state index is -0.866. The molecule has 2 N–H and O–H groups in total. The van der Waals surface area contributed by atoms with E-state index in [9.17, 15) is 15.0 Å². The number of hydrogen-bond donors (Lipinski definition) is 2. The molecule has 4 aliphatic rings. The number of carbonyl (C=O) groups is 1. The van der Waals surface area contributed by atoms with E-state index in [1.165, 1.54) is 5.57 Å². The maximum Gasteiger partial charge on any atom is 0.311 e. The second kappa shape index (κ2) is 8.12. The van der Waals surface area contributed by atoms with Crippen molar-refractivity contribution in [3.8, 4) is 0 Å². The second-order valence-electron chi connectivity index (χ2n) is 10.6. The number of likely N-dealkylation sites (tertiary alicyclic amines) is 1. The van der Waals surface area contributed by atoms with Crippen molar-refractivity contribution in [3.63, 3.8) is 0 Å². The number of nitrogens with zero attached hydrogens (tertiary/aromatic N) is 1. The molecule has 0 amide bonds. The van der Waals surface area contributed by atoms with E-state index in [1.54, 1.807) is 0 Å². The van der Waals surface area contributed by atoms with Crippen LogP contribution >= 0.6 is 11.6 Å². The summed E-state index contributed by atoms with van der Waals surface area (Å²) in [5.41, 5.74) is 1.02. The van der Waals surface area contributed by atoms with Crippen LogP contribution in [0.25, 0.3) is 0 Å². The van der Waals surface area contributed by atoms with E-state index in [0.29, 0.717) is 43.4 Å². The van der Waals surface area contributed by atoms with Gasteiger partial charge in [0.05, 0.1) is 17.6 Å². The van der Waals surface area contributed by atoms with Crippen molar-refractivity contribution in [2.24, 2.45) is 23.2 Å². The number of fused-ring (bicyclic) bond motifs is 2. The SMILES string of the molecule is C[C@@H]1CCC=C2C[C@H]3OC(=O)[C@@H](CN4CCC(O)(c5ccc(Cl)cc5)CC4)[C@H]3[C@@H](O)[C@@]21C. The van der Waals surface area contributed by atoms with Crippen LogP contribution in [0.3, 0.4) is 0 Å². The van der Waals surface area contributed by atoms with Gasteiger partial charge in [-0.25, -0.2) is 0 Å². The van der Waals surface area contributed by atoms with Gasteiger partial charge in [-0.2, -0.15) is 0 Å². The van der Waals surface area contributed by atoms with Gasteiger partial charge in [-0.05, 0) is 49.3 Å². The normalized spacial score (nSPS) is 39.1. The summed E-state index contributed by atoms with van der Waals surface area (Å²) >= 11 is 6.00. The highest BCUT2D eigenvalue weighted by Gasteiger charge is 2.59. The number of hydrogen-bond acceptors (Lipinski definition) is 5. The van der Waals surface area contributed by atoms with Crippen molar-refractivity contribution in [2.45, 2.75) is 63.8 Å². The number of halogens is 1. The number of rotatable bonds is 3. The molecule has 1 saturated carbocycles. The average Bonchev–Trinajstić information content (AvgIpc) is 3.07. The van der Waals surface area contributed by atoms with Crippen molar-refractivity contribution >= 4 is 17.6 Å². The maximum absolute atomic E-state index is 12.9. The predicted molar refractivity (Wildman–Crippen MR) is 123 cm³/mol. The first-order valence-corrected chi connectivity index (χ1v) is 12.4. The predicted octanol–water partition coefficient (Wildman–Crippen LogP) is 3.91. The largest absolute Gasteiger partial charge is 0.461 e. The van der Waals surface area contributed by atoms with Crippen LogP contribution in [0.1, 0.15) is 51.5 Å². The van der Waals surface area contributed by atoms with Crippen molar-refractivity contribution in [2.75, 3.05) is 19.6 Å². The number of aliphatic hydroxyl groups is 2. The number of benzene rings is 1. The third-order valence-electron chi connectivity index (χ3n) is 9.09. The van der Waals surface area contributed by atoms with Gasteiger partial charge in [0.2, 0.25) is 0 Å². The number of aliphatic hydroxyl groups excluding tert-OH is 1. The minimum Gasteiger partial charge on any atom is -0.461 e. The molecule has 2 aliphatic carbocycles. The van der Waals surface area contributed by atoms with Crippen LogP contribution < -0.4 is 0 Å². The molecule has 3 fully saturated rings. The Morgan fingerprint density at radius 3 is 2.59 bits per heavy atom. The molecule has 2 aliphatic heterocycles. The fourth-order valence-electron chi connectivity index (χ4n) is 6.71. The van der Waals surface area contributed by atoms with Gasteiger partial charge in [-0.3, -0.25) is 4.79 Å². The lowest BCUT2D eigenvalue weighted by Crippen LogP contribution is -2.55. The number of piperidine rings is 1. The Bertz CT molecular complexity index is 907. The summed E-state index contributed by atoms with van der Waals surface area (Å²) in [6.07, 6.45) is 5.55. The highest BCUT2D eigenvalue weighted by Crippen LogP contribution is 2.56. The molecule has 1 aromatic carbocycles. The molecule has 0 bridgehead atoms. The summed E-state index contributed by atoms with van der Waals surface area (Å²) in [7, 11) is 0. The molecule has 0 spiro atoms. The highest BCUT2D eigenvalue weighted by molar-refractivity contribution is 6.30. The van der Waals surface area contributed by atoms with E-state index < -0.39 is 11.7 Å². The molecule has 5 nitrogen and oxygen atoms in total. The van der Waals surface area contributed by atoms with E-state index in [1.807, 2.05) is 24.3 Å². The fraction of sp³-hybridized carbons (Fsp3) is 0.654. The Morgan fingerprint density at radius 1 is 1.22 bits per heavy atom. The van der Waals surface area contributed by atoms with E-state index in [-0.39, 0.29) is 29.3 Å². The zero-order valence-electron chi connectivity index (χ0n) is 19.0. The van der Waals surface area contributed by atoms with Gasteiger partial charge in [0.25, 0.3) is 0 Å².